The third-order valence-electron chi connectivity index (χ3n) is 4.69. The molecule has 0 bridgehead atoms. The van der Waals surface area contributed by atoms with Crippen LogP contribution in [-0.4, -0.2) is 18.2 Å². The zero-order valence-corrected chi connectivity index (χ0v) is 12.9. The Bertz CT molecular complexity index is 569. The van der Waals surface area contributed by atoms with Crippen molar-refractivity contribution in [3.8, 4) is 5.75 Å². The summed E-state index contributed by atoms with van der Waals surface area (Å²) in [5.74, 6) is -0.862. The lowest BCUT2D eigenvalue weighted by Crippen LogP contribution is -2.30. The topological polar surface area (TPSA) is 55.8 Å². The number of cyclic esters (lactones) is 1. The first-order valence-electron chi connectivity index (χ1n) is 7.93. The zero-order valence-electron chi connectivity index (χ0n) is 12.9. The molecule has 1 saturated carbocycles. The summed E-state index contributed by atoms with van der Waals surface area (Å²) in [7, 11) is 1.59. The SMILES string of the molecule is COc1ccc(C2(O)OC(=O)C=C2CC2CCCCC2)cc1. The Hall–Kier alpha value is -1.81. The molecule has 4 nitrogen and oxygen atoms in total. The van der Waals surface area contributed by atoms with Crippen LogP contribution in [0.2, 0.25) is 0 Å². The Morgan fingerprint density at radius 1 is 1.23 bits per heavy atom. The predicted octanol–water partition coefficient (Wildman–Crippen LogP) is 3.29. The number of carbonyl (C=O) groups is 1. The van der Waals surface area contributed by atoms with Gasteiger partial charge < -0.3 is 14.6 Å². The van der Waals surface area contributed by atoms with E-state index in [1.165, 1.54) is 25.3 Å². The second-order valence-corrected chi connectivity index (χ2v) is 6.17. The van der Waals surface area contributed by atoms with Crippen molar-refractivity contribution in [2.45, 2.75) is 44.3 Å². The summed E-state index contributed by atoms with van der Waals surface area (Å²) in [6, 6.07) is 7.01. The van der Waals surface area contributed by atoms with Gasteiger partial charge in [0.1, 0.15) is 5.75 Å². The smallest absolute Gasteiger partial charge is 0.333 e. The lowest BCUT2D eigenvalue weighted by atomic mass is 9.82. The van der Waals surface area contributed by atoms with Crippen LogP contribution in [0.25, 0.3) is 0 Å². The Kier molecular flexibility index (Phi) is 4.21. The fraction of sp³-hybridized carbons (Fsp3) is 0.500. The highest BCUT2D eigenvalue weighted by atomic mass is 16.7. The summed E-state index contributed by atoms with van der Waals surface area (Å²) in [4.78, 5) is 11.7. The molecule has 1 unspecified atom stereocenters. The number of ether oxygens (including phenoxy) is 2. The van der Waals surface area contributed by atoms with E-state index in [1.54, 1.807) is 31.4 Å². The largest absolute Gasteiger partial charge is 0.497 e. The lowest BCUT2D eigenvalue weighted by molar-refractivity contribution is -0.186. The highest BCUT2D eigenvalue weighted by molar-refractivity contribution is 5.86. The second kappa shape index (κ2) is 6.13. The second-order valence-electron chi connectivity index (χ2n) is 6.17. The fourth-order valence-electron chi connectivity index (χ4n) is 3.44. The van der Waals surface area contributed by atoms with Crippen LogP contribution in [0.1, 0.15) is 44.1 Å². The highest BCUT2D eigenvalue weighted by Gasteiger charge is 2.43. The lowest BCUT2D eigenvalue weighted by Gasteiger charge is -2.29. The third-order valence-corrected chi connectivity index (χ3v) is 4.69. The van der Waals surface area contributed by atoms with E-state index in [9.17, 15) is 9.90 Å². The van der Waals surface area contributed by atoms with Gasteiger partial charge in [0, 0.05) is 17.2 Å². The molecule has 118 valence electrons. The number of methoxy groups -OCH3 is 1. The molecule has 1 aliphatic heterocycles. The Morgan fingerprint density at radius 3 is 2.55 bits per heavy atom. The average molecular weight is 302 g/mol. The fourth-order valence-corrected chi connectivity index (χ4v) is 3.44. The van der Waals surface area contributed by atoms with Crippen LogP contribution in [0.15, 0.2) is 35.9 Å². The van der Waals surface area contributed by atoms with E-state index in [4.69, 9.17) is 9.47 Å². The van der Waals surface area contributed by atoms with Crippen LogP contribution in [-0.2, 0) is 15.3 Å². The van der Waals surface area contributed by atoms with E-state index in [0.717, 1.165) is 12.8 Å². The van der Waals surface area contributed by atoms with Gasteiger partial charge in [-0.2, -0.15) is 0 Å². The maximum absolute atomic E-state index is 11.7. The first-order chi connectivity index (χ1) is 10.6. The van der Waals surface area contributed by atoms with E-state index in [-0.39, 0.29) is 0 Å². The van der Waals surface area contributed by atoms with Gasteiger partial charge in [-0.25, -0.2) is 4.79 Å². The van der Waals surface area contributed by atoms with E-state index in [2.05, 4.69) is 0 Å². The van der Waals surface area contributed by atoms with Crippen molar-refractivity contribution < 1.29 is 19.4 Å². The minimum atomic E-state index is -1.62. The number of hydrogen-bond acceptors (Lipinski definition) is 4. The van der Waals surface area contributed by atoms with Crippen molar-refractivity contribution in [3.05, 3.63) is 41.5 Å². The number of hydrogen-bond donors (Lipinski definition) is 1. The molecule has 1 fully saturated rings. The average Bonchev–Trinajstić information content (AvgIpc) is 2.83. The number of aliphatic hydroxyl groups is 1. The quantitative estimate of drug-likeness (QED) is 0.867. The normalized spacial score (nSPS) is 25.7. The molecule has 4 heteroatoms. The minimum Gasteiger partial charge on any atom is -0.497 e. The summed E-state index contributed by atoms with van der Waals surface area (Å²) in [6.07, 6.45) is 8.23. The predicted molar refractivity (Wildman–Crippen MR) is 82.3 cm³/mol. The van der Waals surface area contributed by atoms with Crippen molar-refractivity contribution >= 4 is 5.97 Å². The summed E-state index contributed by atoms with van der Waals surface area (Å²) < 4.78 is 10.4. The summed E-state index contributed by atoms with van der Waals surface area (Å²) in [5.41, 5.74) is 1.25. The van der Waals surface area contributed by atoms with Gasteiger partial charge in [0.2, 0.25) is 0 Å². The van der Waals surface area contributed by atoms with Gasteiger partial charge >= 0.3 is 5.97 Å². The van der Waals surface area contributed by atoms with Gasteiger partial charge in [-0.05, 0) is 36.6 Å². The highest BCUT2D eigenvalue weighted by Crippen LogP contribution is 2.41. The van der Waals surface area contributed by atoms with Gasteiger partial charge in [-0.3, -0.25) is 0 Å². The van der Waals surface area contributed by atoms with Gasteiger partial charge in [-0.15, -0.1) is 0 Å². The van der Waals surface area contributed by atoms with Crippen molar-refractivity contribution in [2.24, 2.45) is 5.92 Å². The molecular formula is C18H22O4. The molecule has 1 aliphatic carbocycles. The Labute approximate surface area is 130 Å². The molecule has 1 N–H and O–H groups in total. The van der Waals surface area contributed by atoms with Crippen LogP contribution >= 0.6 is 0 Å². The number of carbonyl (C=O) groups excluding carboxylic acids is 1. The first-order valence-corrected chi connectivity index (χ1v) is 7.93. The van der Waals surface area contributed by atoms with Crippen molar-refractivity contribution in [2.75, 3.05) is 7.11 Å². The maximum Gasteiger partial charge on any atom is 0.333 e. The van der Waals surface area contributed by atoms with Gasteiger partial charge in [0.25, 0.3) is 5.79 Å². The number of esters is 1. The van der Waals surface area contributed by atoms with E-state index in [1.807, 2.05) is 0 Å². The molecule has 3 rings (SSSR count). The van der Waals surface area contributed by atoms with Gasteiger partial charge in [0.15, 0.2) is 0 Å². The molecular weight excluding hydrogens is 280 g/mol. The summed E-state index contributed by atoms with van der Waals surface area (Å²) in [5, 5.41) is 10.9. The third kappa shape index (κ3) is 2.88. The van der Waals surface area contributed by atoms with Crippen LogP contribution < -0.4 is 4.74 Å². The molecule has 1 atom stereocenters. The Morgan fingerprint density at radius 2 is 1.91 bits per heavy atom. The monoisotopic (exact) mass is 302 g/mol. The molecule has 0 saturated heterocycles. The molecule has 0 aromatic heterocycles. The number of benzene rings is 1. The molecule has 0 amide bonds. The maximum atomic E-state index is 11.7. The molecule has 1 aromatic carbocycles. The van der Waals surface area contributed by atoms with Crippen LogP contribution in [0, 0.1) is 5.92 Å². The first kappa shape index (κ1) is 15.1. The van der Waals surface area contributed by atoms with Crippen molar-refractivity contribution in [3.63, 3.8) is 0 Å². The minimum absolute atomic E-state index is 0.468. The van der Waals surface area contributed by atoms with Gasteiger partial charge in [0.05, 0.1) is 7.11 Å². The standard InChI is InChI=1S/C18H22O4/c1-21-16-9-7-14(8-10-16)18(20)15(12-17(19)22-18)11-13-5-3-2-4-6-13/h7-10,12-13,20H,2-6,11H2,1H3. The molecule has 0 spiro atoms. The van der Waals surface area contributed by atoms with E-state index < -0.39 is 11.8 Å². The summed E-state index contributed by atoms with van der Waals surface area (Å²) >= 11 is 0. The molecule has 0 radical (unpaired) electrons. The molecule has 22 heavy (non-hydrogen) atoms. The summed E-state index contributed by atoms with van der Waals surface area (Å²) in [6.45, 7) is 0. The van der Waals surface area contributed by atoms with Crippen LogP contribution in [0.3, 0.4) is 0 Å². The van der Waals surface area contributed by atoms with E-state index in [0.29, 0.717) is 29.2 Å². The van der Waals surface area contributed by atoms with Crippen LogP contribution in [0.4, 0.5) is 0 Å². The number of rotatable bonds is 4. The van der Waals surface area contributed by atoms with Crippen molar-refractivity contribution in [1.82, 2.24) is 0 Å². The van der Waals surface area contributed by atoms with Crippen molar-refractivity contribution in [1.29, 1.82) is 0 Å². The van der Waals surface area contributed by atoms with Crippen LogP contribution in [0.5, 0.6) is 5.75 Å². The molecule has 1 aromatic rings. The Balaban J connectivity index is 1.82. The van der Waals surface area contributed by atoms with Gasteiger partial charge in [-0.1, -0.05) is 32.1 Å². The molecule has 2 aliphatic rings. The zero-order chi connectivity index (χ0) is 15.6. The molecule has 1 heterocycles. The van der Waals surface area contributed by atoms with E-state index >= 15 is 0 Å².